The molecular weight excluding hydrogens is 1040 g/mol. The third kappa shape index (κ3) is 17.3. The third-order valence-corrected chi connectivity index (χ3v) is 12.6. The van der Waals surface area contributed by atoms with Crippen molar-refractivity contribution in [2.45, 2.75) is 19.6 Å². The van der Waals surface area contributed by atoms with Crippen molar-refractivity contribution >= 4 is 129 Å². The number of benzene rings is 8. The van der Waals surface area contributed by atoms with Gasteiger partial charge in [-0.1, -0.05) is 12.1 Å². The maximum Gasteiger partial charge on any atom is 1.00 e. The monoisotopic (exact) mass is 1070 g/mol. The van der Waals surface area contributed by atoms with Crippen LogP contribution < -0.4 is 96.6 Å². The van der Waals surface area contributed by atoms with Crippen molar-refractivity contribution in [3.8, 4) is 0 Å². The summed E-state index contributed by atoms with van der Waals surface area (Å²) < 4.78 is 78.3. The first-order chi connectivity index (χ1) is 34.7. The Morgan fingerprint density at radius 1 is 0.395 bits per heavy atom. The van der Waals surface area contributed by atoms with Gasteiger partial charge in [-0.3, -0.25) is 10.1 Å². The van der Waals surface area contributed by atoms with E-state index < -0.39 is 36.1 Å². The summed E-state index contributed by atoms with van der Waals surface area (Å²) in [6, 6.07) is 39.0. The first-order valence-electron chi connectivity index (χ1n) is 20.2. The van der Waals surface area contributed by atoms with Crippen LogP contribution in [0.3, 0.4) is 0 Å². The molecule has 23 nitrogen and oxygen atoms in total. The summed E-state index contributed by atoms with van der Waals surface area (Å²) >= 11 is 1.45. The van der Waals surface area contributed by atoms with E-state index in [1.54, 1.807) is 109 Å². The topological polar surface area (TPSA) is 337 Å². The minimum atomic E-state index is -4.86. The third-order valence-electron chi connectivity index (χ3n) is 9.79. The predicted octanol–water partition coefficient (Wildman–Crippen LogP) is -0.416. The molecule has 76 heavy (non-hydrogen) atoms. The number of nitrogens with zero attached hydrogens (tertiary/aromatic N) is 8. The van der Waals surface area contributed by atoms with Gasteiger partial charge in [-0.15, -0.1) is 20.5 Å². The fraction of sp³-hybridized carbons (Fsp3) is 0. The van der Waals surface area contributed by atoms with Crippen molar-refractivity contribution in [1.82, 2.24) is 0 Å². The molecule has 0 saturated carbocycles. The Morgan fingerprint density at radius 3 is 1.13 bits per heavy atom. The molecule has 0 saturated heterocycles. The van der Waals surface area contributed by atoms with Crippen molar-refractivity contribution in [3.05, 3.63) is 158 Å². The van der Waals surface area contributed by atoms with Gasteiger partial charge in [0.15, 0.2) is 0 Å². The minimum absolute atomic E-state index is 0. The van der Waals surface area contributed by atoms with Gasteiger partial charge in [0.05, 0.1) is 79.4 Å². The molecular formula is C45H28Li4N10O13S4. The second-order valence-electron chi connectivity index (χ2n) is 14.4. The van der Waals surface area contributed by atoms with Gasteiger partial charge in [0, 0.05) is 42.7 Å². The van der Waals surface area contributed by atoms with Gasteiger partial charge in [-0.2, -0.15) is 29.1 Å². The number of carbonyl (C=O) groups is 1. The molecule has 0 atom stereocenters. The zero-order chi connectivity index (χ0) is 50.7. The largest absolute Gasteiger partial charge is 1.00 e. The average molecular weight is 1070 g/mol. The number of nitrogens with one attached hydrogen (secondary N) is 2. The van der Waals surface area contributed by atoms with Crippen LogP contribution in [0.5, 0.6) is 0 Å². The minimum Gasteiger partial charge on any atom is -0.744 e. The number of carbonyl (C=O) groups excluding carboxylic acids is 1. The summed E-state index contributed by atoms with van der Waals surface area (Å²) in [6.07, 6.45) is 0. The number of azo groups is 4. The normalized spacial score (nSPS) is 11.6. The van der Waals surface area contributed by atoms with E-state index in [0.717, 1.165) is 36.3 Å². The number of rotatable bonds is 18. The van der Waals surface area contributed by atoms with Crippen LogP contribution >= 0.6 is 24.1 Å². The fourth-order valence-electron chi connectivity index (χ4n) is 6.47. The summed E-state index contributed by atoms with van der Waals surface area (Å²) in [5.74, 6) is 0. The number of hydrogen-bond acceptors (Lipinski definition) is 23. The number of hydrogen-bond donors (Lipinski definition) is 2. The summed E-state index contributed by atoms with van der Waals surface area (Å²) in [6.45, 7) is 0. The Hall–Kier alpha value is -5.38. The van der Waals surface area contributed by atoms with Gasteiger partial charge in [0.2, 0.25) is 0 Å². The average Bonchev–Trinajstić information content (AvgIpc) is 3.38. The second-order valence-corrected chi connectivity index (χ2v) is 18.7. The maximum atomic E-state index is 12.9. The molecule has 0 aliphatic rings. The van der Waals surface area contributed by atoms with E-state index >= 15 is 0 Å². The zero-order valence-electron chi connectivity index (χ0n) is 40.0. The molecule has 0 aliphatic heterocycles. The van der Waals surface area contributed by atoms with E-state index in [4.69, 9.17) is 0 Å². The van der Waals surface area contributed by atoms with Crippen LogP contribution in [0.15, 0.2) is 218 Å². The summed E-state index contributed by atoms with van der Waals surface area (Å²) in [5.41, 5.74) is 3.85. The molecule has 8 aromatic rings. The Morgan fingerprint density at radius 2 is 0.724 bits per heavy atom. The summed E-state index contributed by atoms with van der Waals surface area (Å²) in [5, 5.41) is 69.1. The summed E-state index contributed by atoms with van der Waals surface area (Å²) in [7, 11) is -9.53. The van der Waals surface area contributed by atoms with E-state index in [0.29, 0.717) is 77.8 Å². The Labute approximate surface area is 488 Å². The fourth-order valence-corrected chi connectivity index (χ4v) is 8.18. The van der Waals surface area contributed by atoms with Crippen molar-refractivity contribution in [2.75, 3.05) is 10.6 Å². The van der Waals surface area contributed by atoms with E-state index in [2.05, 4.69) is 70.3 Å². The number of fused-ring (bicyclic) bond motifs is 2. The van der Waals surface area contributed by atoms with Gasteiger partial charge in [-0.05, 0) is 146 Å². The molecule has 0 aliphatic carbocycles. The molecule has 0 spiro atoms. The maximum absolute atomic E-state index is 12.9. The molecule has 0 unspecified atom stereocenters. The van der Waals surface area contributed by atoms with Crippen molar-refractivity contribution in [1.29, 1.82) is 0 Å². The molecule has 2 N–H and O–H groups in total. The quantitative estimate of drug-likeness (QED) is 0.0275. The Kier molecular flexibility index (Phi) is 24.4. The van der Waals surface area contributed by atoms with Gasteiger partial charge < -0.3 is 30.3 Å². The zero-order valence-corrected chi connectivity index (χ0v) is 43.3. The number of anilines is 2. The molecule has 0 radical (unpaired) electrons. The molecule has 8 rings (SSSR count). The Balaban J connectivity index is 0.00000312. The second kappa shape index (κ2) is 29.4. The smallest absolute Gasteiger partial charge is 0.744 e. The van der Waals surface area contributed by atoms with E-state index in [-0.39, 0.29) is 97.9 Å². The molecule has 0 bridgehead atoms. The van der Waals surface area contributed by atoms with E-state index in [1.807, 2.05) is 0 Å². The first-order valence-corrected chi connectivity index (χ1v) is 24.5. The van der Waals surface area contributed by atoms with E-state index in [1.165, 1.54) is 24.3 Å². The molecule has 0 fully saturated rings. The van der Waals surface area contributed by atoms with Crippen LogP contribution in [0.4, 0.5) is 61.7 Å². The van der Waals surface area contributed by atoms with Crippen LogP contribution in [-0.4, -0.2) is 32.0 Å². The van der Waals surface area contributed by atoms with Gasteiger partial charge in [-0.25, -0.2) is 21.6 Å². The number of urea groups is 1. The predicted molar refractivity (Wildman–Crippen MR) is 255 cm³/mol. The van der Waals surface area contributed by atoms with Crippen molar-refractivity contribution < 1.29 is 135 Å². The van der Waals surface area contributed by atoms with Gasteiger partial charge in [0.25, 0.3) is 0 Å². The van der Waals surface area contributed by atoms with Crippen LogP contribution in [-0.2, 0) is 39.0 Å². The molecule has 364 valence electrons. The molecule has 2 amide bonds. The Bertz CT molecular complexity index is 3650. The molecule has 0 aromatic heterocycles. The van der Waals surface area contributed by atoms with Crippen LogP contribution in [0.1, 0.15) is 0 Å². The van der Waals surface area contributed by atoms with Crippen molar-refractivity contribution in [3.63, 3.8) is 0 Å². The molecule has 0 heterocycles. The van der Waals surface area contributed by atoms with Crippen molar-refractivity contribution in [2.24, 2.45) is 40.9 Å². The van der Waals surface area contributed by atoms with Gasteiger partial charge in [0.1, 0.15) is 20.2 Å². The molecule has 31 heteroatoms. The SMILES string of the molecule is O=C(Nc1ccc(N=Nc2ccc(N=Nc3ccc(SOO[O-])cc3)c3cc(SOO[O-])ccc23)cc1)Nc1ccc(N=Nc2ccc(N=Nc3ccc(S(=O)(=O)[O-])cc3)c3cc(S(=O)(=O)[O-])ccc23)cc1.[Li+].[Li+].[Li+].[Li+]. The van der Waals surface area contributed by atoms with Crippen LogP contribution in [0.25, 0.3) is 21.5 Å². The van der Waals surface area contributed by atoms with Crippen LogP contribution in [0.2, 0.25) is 0 Å². The summed E-state index contributed by atoms with van der Waals surface area (Å²) in [4.78, 5) is 13.1. The standard InChI is InChI=1S/C45H32N10O13S4.4Li/c56-45(46-27-1-5-29(6-2-27)48-52-41-21-23-43(39-25-34(70-68-66-58)15-19-37(39)41)54-50-31-9-13-33(14-10-31)69-67-65-57)47-28-3-7-30(8-4-28)49-53-42-22-24-44(40-26-36(72(62,63)64)18-20-38(40)42)55-51-32-11-16-35(17-12-32)71(59,60)61;;;;/h1-26,57-58H,(H2,46,47,56)(H,59,60,61)(H,62,63,64);;;;/q;4*+1/p-4. The van der Waals surface area contributed by atoms with Crippen LogP contribution in [0, 0.1) is 0 Å². The number of amides is 2. The molecule has 8 aromatic carbocycles. The van der Waals surface area contributed by atoms with Gasteiger partial charge >= 0.3 is 81.5 Å². The first kappa shape index (κ1) is 63.2. The van der Waals surface area contributed by atoms with E-state index in [9.17, 15) is 41.3 Å².